The van der Waals surface area contributed by atoms with Crippen molar-refractivity contribution in [3.8, 4) is 0 Å². The Kier molecular flexibility index (Phi) is 4.41. The first-order chi connectivity index (χ1) is 8.26. The van der Waals surface area contributed by atoms with Crippen LogP contribution in [0, 0.1) is 0 Å². The highest BCUT2D eigenvalue weighted by Gasteiger charge is 2.14. The summed E-state index contributed by atoms with van der Waals surface area (Å²) in [6.07, 6.45) is 2.21. The largest absolute Gasteiger partial charge is 0.147 e. The number of hydrogen-bond acceptors (Lipinski definition) is 1. The summed E-state index contributed by atoms with van der Waals surface area (Å²) >= 11 is 5.66. The highest BCUT2D eigenvalue weighted by atomic mass is 79.9. The zero-order valence-corrected chi connectivity index (χ0v) is 12.6. The molecule has 2 aromatic rings. The maximum atomic E-state index is 3.82. The summed E-state index contributed by atoms with van der Waals surface area (Å²) in [4.78, 5) is 1.78. The number of thiophene rings is 1. The topological polar surface area (TPSA) is 0 Å². The Morgan fingerprint density at radius 3 is 2.35 bits per heavy atom. The average molecular weight is 309 g/mol. The van der Waals surface area contributed by atoms with E-state index in [1.165, 1.54) is 21.6 Å². The Hall–Kier alpha value is -0.600. The van der Waals surface area contributed by atoms with Crippen molar-refractivity contribution >= 4 is 27.3 Å². The van der Waals surface area contributed by atoms with Gasteiger partial charge in [-0.25, -0.2) is 0 Å². The fourth-order valence-electron chi connectivity index (χ4n) is 1.94. The molecule has 2 rings (SSSR count). The van der Waals surface area contributed by atoms with Crippen LogP contribution in [-0.4, -0.2) is 0 Å². The fraction of sp³-hybridized carbons (Fsp3) is 0.333. The smallest absolute Gasteiger partial charge is 0.0740 e. The van der Waals surface area contributed by atoms with E-state index in [1.807, 2.05) is 11.3 Å². The van der Waals surface area contributed by atoms with E-state index in [4.69, 9.17) is 0 Å². The minimum absolute atomic E-state index is 0.336. The second-order valence-corrected chi connectivity index (χ2v) is 5.98. The zero-order chi connectivity index (χ0) is 12.3. The van der Waals surface area contributed by atoms with Crippen molar-refractivity contribution in [1.29, 1.82) is 0 Å². The Morgan fingerprint density at radius 2 is 1.76 bits per heavy atom. The molecule has 0 fully saturated rings. The Balaban J connectivity index is 2.27. The van der Waals surface area contributed by atoms with Crippen LogP contribution in [0.1, 0.15) is 40.2 Å². The molecule has 1 heterocycles. The van der Waals surface area contributed by atoms with Crippen LogP contribution in [0.4, 0.5) is 0 Å². The lowest BCUT2D eigenvalue weighted by molar-refractivity contribution is 1.08. The Bertz CT molecular complexity index is 470. The predicted molar refractivity (Wildman–Crippen MR) is 80.3 cm³/mol. The van der Waals surface area contributed by atoms with Crippen molar-refractivity contribution in [3.63, 3.8) is 0 Å². The Labute approximate surface area is 116 Å². The normalized spacial score (nSPS) is 12.6. The molecule has 90 valence electrons. The molecule has 1 unspecified atom stereocenters. The van der Waals surface area contributed by atoms with Crippen LogP contribution in [0.5, 0.6) is 0 Å². The minimum atomic E-state index is 0.336. The van der Waals surface area contributed by atoms with Crippen molar-refractivity contribution in [2.24, 2.45) is 0 Å². The van der Waals surface area contributed by atoms with Crippen LogP contribution in [0.15, 0.2) is 35.7 Å². The number of aryl methyl sites for hydroxylation is 2. The van der Waals surface area contributed by atoms with Gasteiger partial charge >= 0.3 is 0 Å². The second-order valence-electron chi connectivity index (χ2n) is 4.12. The zero-order valence-electron chi connectivity index (χ0n) is 10.2. The minimum Gasteiger partial charge on any atom is -0.147 e. The molecule has 0 aliphatic heterocycles. The highest BCUT2D eigenvalue weighted by Crippen LogP contribution is 2.36. The molecule has 1 aromatic carbocycles. The second kappa shape index (κ2) is 5.83. The lowest BCUT2D eigenvalue weighted by Gasteiger charge is -2.11. The molecule has 1 atom stereocenters. The third-order valence-electron chi connectivity index (χ3n) is 3.07. The van der Waals surface area contributed by atoms with Crippen molar-refractivity contribution in [2.75, 3.05) is 0 Å². The lowest BCUT2D eigenvalue weighted by atomic mass is 10.0. The Morgan fingerprint density at radius 1 is 1.06 bits per heavy atom. The number of alkyl halides is 1. The van der Waals surface area contributed by atoms with E-state index in [9.17, 15) is 0 Å². The molecule has 1 aromatic heterocycles. The first kappa shape index (κ1) is 12.8. The quantitative estimate of drug-likeness (QED) is 0.667. The molecular formula is C15H17BrS. The number of hydrogen-bond donors (Lipinski definition) is 0. The SMILES string of the molecule is CCc1ccc(C(Br)c2sccc2CC)cc1. The summed E-state index contributed by atoms with van der Waals surface area (Å²) in [7, 11) is 0. The molecule has 0 N–H and O–H groups in total. The van der Waals surface area contributed by atoms with Gasteiger partial charge in [0.05, 0.1) is 4.83 Å². The van der Waals surface area contributed by atoms with Gasteiger partial charge in [0.25, 0.3) is 0 Å². The maximum absolute atomic E-state index is 3.82. The van der Waals surface area contributed by atoms with Gasteiger partial charge in [0.1, 0.15) is 0 Å². The summed E-state index contributed by atoms with van der Waals surface area (Å²) in [6.45, 7) is 4.40. The van der Waals surface area contributed by atoms with Crippen molar-refractivity contribution < 1.29 is 0 Å². The van der Waals surface area contributed by atoms with Crippen molar-refractivity contribution in [2.45, 2.75) is 31.5 Å². The summed E-state index contributed by atoms with van der Waals surface area (Å²) in [6, 6.07) is 11.1. The lowest BCUT2D eigenvalue weighted by Crippen LogP contribution is -1.94. The molecule has 2 heteroatoms. The molecule has 0 aliphatic rings. The molecule has 17 heavy (non-hydrogen) atoms. The molecule has 0 aliphatic carbocycles. The molecule has 0 bridgehead atoms. The van der Waals surface area contributed by atoms with Crippen LogP contribution in [0.25, 0.3) is 0 Å². The third-order valence-corrected chi connectivity index (χ3v) is 5.39. The third kappa shape index (κ3) is 2.80. The molecule has 0 spiro atoms. The van der Waals surface area contributed by atoms with E-state index in [0.717, 1.165) is 12.8 Å². The van der Waals surface area contributed by atoms with Gasteiger partial charge in [-0.3, -0.25) is 0 Å². The van der Waals surface area contributed by atoms with Gasteiger partial charge in [-0.15, -0.1) is 11.3 Å². The standard InChI is InChI=1S/C15H17BrS/c1-3-11-5-7-13(8-6-11)14(16)15-12(4-2)9-10-17-15/h5-10,14H,3-4H2,1-2H3. The first-order valence-corrected chi connectivity index (χ1v) is 7.85. The van der Waals surface area contributed by atoms with Crippen LogP contribution < -0.4 is 0 Å². The van der Waals surface area contributed by atoms with Gasteiger partial charge < -0.3 is 0 Å². The molecule has 0 nitrogen and oxygen atoms in total. The van der Waals surface area contributed by atoms with Crippen LogP contribution >= 0.6 is 27.3 Å². The molecule has 0 saturated heterocycles. The van der Waals surface area contributed by atoms with E-state index in [2.05, 4.69) is 65.5 Å². The van der Waals surface area contributed by atoms with E-state index >= 15 is 0 Å². The highest BCUT2D eigenvalue weighted by molar-refractivity contribution is 9.09. The molecule has 0 amide bonds. The summed E-state index contributed by atoms with van der Waals surface area (Å²) in [5.41, 5.74) is 4.20. The van der Waals surface area contributed by atoms with Crippen LogP contribution in [0.3, 0.4) is 0 Å². The first-order valence-electron chi connectivity index (χ1n) is 6.05. The number of halogens is 1. The van der Waals surface area contributed by atoms with Crippen molar-refractivity contribution in [3.05, 3.63) is 57.3 Å². The van der Waals surface area contributed by atoms with E-state index in [-0.39, 0.29) is 0 Å². The van der Waals surface area contributed by atoms with Gasteiger partial charge in [-0.2, -0.15) is 0 Å². The molecular weight excluding hydrogens is 292 g/mol. The van der Waals surface area contributed by atoms with Crippen molar-refractivity contribution in [1.82, 2.24) is 0 Å². The van der Waals surface area contributed by atoms with Crippen LogP contribution in [0.2, 0.25) is 0 Å². The van der Waals surface area contributed by atoms with Crippen LogP contribution in [-0.2, 0) is 12.8 Å². The summed E-state index contributed by atoms with van der Waals surface area (Å²) in [5.74, 6) is 0. The molecule has 0 radical (unpaired) electrons. The van der Waals surface area contributed by atoms with Gasteiger partial charge in [-0.1, -0.05) is 54.0 Å². The maximum Gasteiger partial charge on any atom is 0.0740 e. The summed E-state index contributed by atoms with van der Waals surface area (Å²) < 4.78 is 0. The fourth-order valence-corrected chi connectivity index (χ4v) is 3.86. The van der Waals surface area contributed by atoms with E-state index < -0.39 is 0 Å². The molecule has 0 saturated carbocycles. The van der Waals surface area contributed by atoms with E-state index in [0.29, 0.717) is 4.83 Å². The predicted octanol–water partition coefficient (Wildman–Crippen LogP) is 5.36. The van der Waals surface area contributed by atoms with Gasteiger partial charge in [-0.05, 0) is 41.0 Å². The summed E-state index contributed by atoms with van der Waals surface area (Å²) in [5, 5.41) is 2.18. The van der Waals surface area contributed by atoms with Gasteiger partial charge in [0, 0.05) is 4.88 Å². The number of rotatable bonds is 4. The monoisotopic (exact) mass is 308 g/mol. The number of benzene rings is 1. The van der Waals surface area contributed by atoms with E-state index in [1.54, 1.807) is 0 Å². The average Bonchev–Trinajstić information content (AvgIpc) is 2.86. The van der Waals surface area contributed by atoms with Gasteiger partial charge in [0.15, 0.2) is 0 Å². The van der Waals surface area contributed by atoms with Gasteiger partial charge in [0.2, 0.25) is 0 Å².